The van der Waals surface area contributed by atoms with Gasteiger partial charge in [-0.25, -0.2) is 8.42 Å². The van der Waals surface area contributed by atoms with Gasteiger partial charge in [-0.15, -0.1) is 0 Å². The Kier molecular flexibility index (Phi) is 4.80. The number of nitrogens with one attached hydrogen (secondary N) is 1. The molecule has 0 aromatic heterocycles. The van der Waals surface area contributed by atoms with Gasteiger partial charge in [0.2, 0.25) is 10.0 Å². The first kappa shape index (κ1) is 16.2. The Morgan fingerprint density at radius 3 is 2.35 bits per heavy atom. The second-order valence-electron chi connectivity index (χ2n) is 5.86. The fraction of sp³-hybridized carbons (Fsp3) is 0.333. The van der Waals surface area contributed by atoms with Crippen LogP contribution in [-0.2, 0) is 10.0 Å². The normalized spacial score (nSPS) is 19.1. The van der Waals surface area contributed by atoms with Crippen molar-refractivity contribution < 1.29 is 8.42 Å². The van der Waals surface area contributed by atoms with Gasteiger partial charge in [-0.3, -0.25) is 0 Å². The van der Waals surface area contributed by atoms with Gasteiger partial charge in [0.15, 0.2) is 0 Å². The minimum absolute atomic E-state index is 0.0544. The van der Waals surface area contributed by atoms with Crippen LogP contribution in [0.5, 0.6) is 0 Å². The maximum absolute atomic E-state index is 12.9. The van der Waals surface area contributed by atoms with E-state index in [1.807, 2.05) is 49.5 Å². The maximum Gasteiger partial charge on any atom is 0.243 e. The lowest BCUT2D eigenvalue weighted by atomic mass is 10.1. The van der Waals surface area contributed by atoms with E-state index >= 15 is 0 Å². The lowest BCUT2D eigenvalue weighted by molar-refractivity contribution is 0.379. The number of rotatable bonds is 5. The van der Waals surface area contributed by atoms with Crippen LogP contribution < -0.4 is 5.32 Å². The van der Waals surface area contributed by atoms with Crippen molar-refractivity contribution in [3.05, 3.63) is 54.6 Å². The second kappa shape index (κ2) is 6.83. The van der Waals surface area contributed by atoms with Gasteiger partial charge < -0.3 is 5.32 Å². The maximum atomic E-state index is 12.9. The first-order chi connectivity index (χ1) is 11.1. The highest BCUT2D eigenvalue weighted by molar-refractivity contribution is 7.89. The number of likely N-dealkylation sites (N-methyl/N-ethyl adjacent to an activating group) is 1. The van der Waals surface area contributed by atoms with Gasteiger partial charge in [-0.2, -0.15) is 4.31 Å². The van der Waals surface area contributed by atoms with E-state index in [-0.39, 0.29) is 6.04 Å². The third kappa shape index (κ3) is 3.32. The average Bonchev–Trinajstić information content (AvgIpc) is 3.05. The summed E-state index contributed by atoms with van der Waals surface area (Å²) in [6.45, 7) is 1.30. The van der Waals surface area contributed by atoms with Crippen molar-refractivity contribution in [3.8, 4) is 11.1 Å². The van der Waals surface area contributed by atoms with E-state index in [9.17, 15) is 8.42 Å². The number of nitrogens with zero attached hydrogens (tertiary/aromatic N) is 1. The van der Waals surface area contributed by atoms with Crippen LogP contribution in [0.2, 0.25) is 0 Å². The Hall–Kier alpha value is -1.69. The van der Waals surface area contributed by atoms with Gasteiger partial charge in [0.05, 0.1) is 4.90 Å². The minimum atomic E-state index is -3.42. The fourth-order valence-electron chi connectivity index (χ4n) is 3.15. The van der Waals surface area contributed by atoms with Crippen LogP contribution >= 0.6 is 0 Å². The molecule has 0 spiro atoms. The van der Waals surface area contributed by atoms with Gasteiger partial charge in [-0.05, 0) is 43.1 Å². The number of hydrogen-bond donors (Lipinski definition) is 1. The van der Waals surface area contributed by atoms with Crippen molar-refractivity contribution in [3.63, 3.8) is 0 Å². The molecule has 3 rings (SSSR count). The van der Waals surface area contributed by atoms with Crippen molar-refractivity contribution in [2.75, 3.05) is 20.1 Å². The molecule has 5 heteroatoms. The van der Waals surface area contributed by atoms with Crippen molar-refractivity contribution in [1.82, 2.24) is 9.62 Å². The molecule has 4 nitrogen and oxygen atoms in total. The highest BCUT2D eigenvalue weighted by Gasteiger charge is 2.34. The Labute approximate surface area is 138 Å². The van der Waals surface area contributed by atoms with Crippen molar-refractivity contribution >= 4 is 10.0 Å². The third-order valence-electron chi connectivity index (χ3n) is 4.33. The zero-order valence-electron chi connectivity index (χ0n) is 13.3. The minimum Gasteiger partial charge on any atom is -0.318 e. The molecule has 1 unspecified atom stereocenters. The Balaban J connectivity index is 1.86. The van der Waals surface area contributed by atoms with Crippen LogP contribution in [0.15, 0.2) is 59.5 Å². The molecular weight excluding hydrogens is 308 g/mol. The summed E-state index contributed by atoms with van der Waals surface area (Å²) in [5, 5.41) is 3.09. The van der Waals surface area contributed by atoms with Crippen LogP contribution in [0.1, 0.15) is 12.8 Å². The molecule has 1 atom stereocenters. The van der Waals surface area contributed by atoms with Gasteiger partial charge in [-0.1, -0.05) is 42.5 Å². The smallest absolute Gasteiger partial charge is 0.243 e. The summed E-state index contributed by atoms with van der Waals surface area (Å²) in [6, 6.07) is 17.2. The van der Waals surface area contributed by atoms with Crippen LogP contribution in [0, 0.1) is 0 Å². The van der Waals surface area contributed by atoms with Gasteiger partial charge >= 0.3 is 0 Å². The molecule has 2 aromatic rings. The molecule has 0 aliphatic carbocycles. The zero-order chi connectivity index (χ0) is 16.3. The van der Waals surface area contributed by atoms with E-state index in [1.165, 1.54) is 0 Å². The zero-order valence-corrected chi connectivity index (χ0v) is 14.1. The van der Waals surface area contributed by atoms with Crippen LogP contribution in [0.4, 0.5) is 0 Å². The van der Waals surface area contributed by atoms with Crippen LogP contribution in [0.25, 0.3) is 11.1 Å². The van der Waals surface area contributed by atoms with Crippen molar-refractivity contribution in [2.45, 2.75) is 23.8 Å². The summed E-state index contributed by atoms with van der Waals surface area (Å²) >= 11 is 0. The van der Waals surface area contributed by atoms with Crippen LogP contribution in [0.3, 0.4) is 0 Å². The number of sulfonamides is 1. The molecule has 1 aliphatic heterocycles. The third-order valence-corrected chi connectivity index (χ3v) is 6.30. The van der Waals surface area contributed by atoms with Gasteiger partial charge in [0, 0.05) is 19.1 Å². The molecule has 0 saturated carbocycles. The lowest BCUT2D eigenvalue weighted by Gasteiger charge is -2.24. The lowest BCUT2D eigenvalue weighted by Crippen LogP contribution is -2.40. The topological polar surface area (TPSA) is 49.4 Å². The molecule has 122 valence electrons. The number of hydrogen-bond acceptors (Lipinski definition) is 3. The van der Waals surface area contributed by atoms with E-state index in [0.29, 0.717) is 18.0 Å². The molecule has 1 N–H and O–H groups in total. The molecule has 1 saturated heterocycles. The number of benzene rings is 2. The summed E-state index contributed by atoms with van der Waals surface area (Å²) in [5.41, 5.74) is 2.11. The largest absolute Gasteiger partial charge is 0.318 e. The Morgan fingerprint density at radius 2 is 1.70 bits per heavy atom. The molecule has 2 aromatic carbocycles. The summed E-state index contributed by atoms with van der Waals surface area (Å²) in [4.78, 5) is 0.375. The van der Waals surface area contributed by atoms with Crippen molar-refractivity contribution in [2.24, 2.45) is 0 Å². The molecule has 1 heterocycles. The average molecular weight is 330 g/mol. The van der Waals surface area contributed by atoms with Gasteiger partial charge in [0.25, 0.3) is 0 Å². The molecule has 1 fully saturated rings. The first-order valence-electron chi connectivity index (χ1n) is 7.95. The van der Waals surface area contributed by atoms with E-state index in [4.69, 9.17) is 0 Å². The highest BCUT2D eigenvalue weighted by atomic mass is 32.2. The Bertz CT molecular complexity index is 742. The van der Waals surface area contributed by atoms with E-state index < -0.39 is 10.0 Å². The first-order valence-corrected chi connectivity index (χ1v) is 9.39. The summed E-state index contributed by atoms with van der Waals surface area (Å²) in [6.07, 6.45) is 1.84. The molecule has 0 radical (unpaired) electrons. The van der Waals surface area contributed by atoms with E-state index in [1.54, 1.807) is 16.4 Å². The molecule has 0 amide bonds. The Morgan fingerprint density at radius 1 is 1.04 bits per heavy atom. The molecule has 23 heavy (non-hydrogen) atoms. The van der Waals surface area contributed by atoms with Gasteiger partial charge in [0.1, 0.15) is 0 Å². The van der Waals surface area contributed by atoms with E-state index in [0.717, 1.165) is 24.0 Å². The SMILES string of the molecule is CNCC1CCCN1S(=O)(=O)c1ccc(-c2ccccc2)cc1. The predicted octanol–water partition coefficient (Wildman–Crippen LogP) is 2.73. The molecule has 1 aliphatic rings. The van der Waals surface area contributed by atoms with Crippen LogP contribution in [-0.4, -0.2) is 38.9 Å². The summed E-state index contributed by atoms with van der Waals surface area (Å²) in [7, 11) is -1.56. The molecule has 0 bridgehead atoms. The quantitative estimate of drug-likeness (QED) is 0.917. The predicted molar refractivity (Wildman–Crippen MR) is 92.7 cm³/mol. The van der Waals surface area contributed by atoms with Crippen molar-refractivity contribution in [1.29, 1.82) is 0 Å². The summed E-state index contributed by atoms with van der Waals surface area (Å²) in [5.74, 6) is 0. The van der Waals surface area contributed by atoms with E-state index in [2.05, 4.69) is 5.32 Å². The second-order valence-corrected chi connectivity index (χ2v) is 7.75. The summed E-state index contributed by atoms with van der Waals surface area (Å²) < 4.78 is 27.4. The monoisotopic (exact) mass is 330 g/mol. The molecular formula is C18H22N2O2S. The standard InChI is InChI=1S/C18H22N2O2S/c1-19-14-17-8-5-13-20(17)23(21,22)18-11-9-16(10-12-18)15-6-3-2-4-7-15/h2-4,6-7,9-12,17,19H,5,8,13-14H2,1H3. The highest BCUT2D eigenvalue weighted by Crippen LogP contribution is 2.27. The fourth-order valence-corrected chi connectivity index (χ4v) is 4.84.